The maximum Gasteiger partial charge on any atom is 0.416 e. The summed E-state index contributed by atoms with van der Waals surface area (Å²) in [5.74, 6) is -1.43. The van der Waals surface area contributed by atoms with Crippen LogP contribution in [-0.2, 0) is 12.7 Å². The van der Waals surface area contributed by atoms with Gasteiger partial charge in [-0.25, -0.2) is 4.79 Å². The van der Waals surface area contributed by atoms with Crippen molar-refractivity contribution in [1.29, 1.82) is 0 Å². The quantitative estimate of drug-likeness (QED) is 0.205. The first-order chi connectivity index (χ1) is 19.5. The highest BCUT2D eigenvalue weighted by atomic mass is 35.5. The first-order valence-corrected chi connectivity index (χ1v) is 13.1. The van der Waals surface area contributed by atoms with Crippen LogP contribution in [0.3, 0.4) is 0 Å². The Morgan fingerprint density at radius 3 is 2.27 bits per heavy atom. The molecule has 0 fully saturated rings. The van der Waals surface area contributed by atoms with E-state index in [2.05, 4.69) is 5.32 Å². The summed E-state index contributed by atoms with van der Waals surface area (Å²) in [6, 6.07) is 23.4. The highest BCUT2D eigenvalue weighted by Crippen LogP contribution is 2.33. The molecule has 5 aromatic rings. The van der Waals surface area contributed by atoms with E-state index in [4.69, 9.17) is 11.6 Å². The molecule has 0 saturated carbocycles. The van der Waals surface area contributed by atoms with E-state index in [-0.39, 0.29) is 11.5 Å². The van der Waals surface area contributed by atoms with Gasteiger partial charge in [-0.05, 0) is 83.8 Å². The summed E-state index contributed by atoms with van der Waals surface area (Å²) >= 11 is 6.18. The van der Waals surface area contributed by atoms with Crippen molar-refractivity contribution in [2.24, 2.45) is 0 Å². The highest BCUT2D eigenvalue weighted by molar-refractivity contribution is 6.30. The minimum absolute atomic E-state index is 0.136. The number of nitrogens with one attached hydrogen (secondary N) is 1. The maximum atomic E-state index is 13.8. The number of alkyl halides is 3. The summed E-state index contributed by atoms with van der Waals surface area (Å²) in [7, 11) is 0. The molecule has 5 rings (SSSR count). The van der Waals surface area contributed by atoms with Crippen LogP contribution in [0.25, 0.3) is 22.0 Å². The summed E-state index contributed by atoms with van der Waals surface area (Å²) < 4.78 is 41.3. The average molecular weight is 577 g/mol. The number of hydrogen-bond acceptors (Lipinski definition) is 2. The van der Waals surface area contributed by atoms with Gasteiger partial charge in [0.25, 0.3) is 5.91 Å². The molecular formula is C32H24ClF3N2O3. The van der Waals surface area contributed by atoms with Crippen LogP contribution < -0.4 is 5.32 Å². The lowest BCUT2D eigenvalue weighted by Crippen LogP contribution is -2.27. The van der Waals surface area contributed by atoms with Crippen LogP contribution in [0.15, 0.2) is 97.2 Å². The number of fused-ring (bicyclic) bond motifs is 1. The summed E-state index contributed by atoms with van der Waals surface area (Å²) in [6.45, 7) is 2.23. The van der Waals surface area contributed by atoms with Crippen molar-refractivity contribution in [3.63, 3.8) is 0 Å². The fraction of sp³-hybridized carbons (Fsp3) is 0.125. The molecule has 0 radical (unpaired) electrons. The second-order valence-corrected chi connectivity index (χ2v) is 10.2. The highest BCUT2D eigenvalue weighted by Gasteiger charge is 2.30. The van der Waals surface area contributed by atoms with Crippen LogP contribution in [0.2, 0.25) is 5.02 Å². The number of amides is 1. The molecule has 9 heteroatoms. The Balaban J connectivity index is 1.55. The van der Waals surface area contributed by atoms with Crippen molar-refractivity contribution in [2.75, 3.05) is 0 Å². The summed E-state index contributed by atoms with van der Waals surface area (Å²) in [4.78, 5) is 25.0. The number of rotatable bonds is 7. The van der Waals surface area contributed by atoms with Crippen molar-refractivity contribution in [2.45, 2.75) is 25.7 Å². The number of aromatic carboxylic acids is 1. The third kappa shape index (κ3) is 6.12. The SMILES string of the molecule is C[C@H](NC(=O)c1cc(-c2ccc(C(F)(F)F)cc2)cc2ccn(Cc3cccc(Cl)c3)c12)c1ccc(C(=O)O)cc1. The van der Waals surface area contributed by atoms with E-state index in [9.17, 15) is 27.9 Å². The van der Waals surface area contributed by atoms with Gasteiger partial charge in [0.1, 0.15) is 0 Å². The molecule has 5 nitrogen and oxygen atoms in total. The first kappa shape index (κ1) is 28.0. The Morgan fingerprint density at radius 2 is 1.63 bits per heavy atom. The zero-order chi connectivity index (χ0) is 29.3. The van der Waals surface area contributed by atoms with E-state index < -0.39 is 23.8 Å². The molecule has 208 valence electrons. The topological polar surface area (TPSA) is 71.3 Å². The maximum absolute atomic E-state index is 13.8. The van der Waals surface area contributed by atoms with Crippen LogP contribution in [-0.4, -0.2) is 21.6 Å². The molecule has 0 spiro atoms. The smallest absolute Gasteiger partial charge is 0.416 e. The number of aromatic nitrogens is 1. The molecule has 0 aliphatic carbocycles. The second kappa shape index (κ2) is 11.1. The number of carbonyl (C=O) groups excluding carboxylic acids is 1. The number of nitrogens with zero attached hydrogens (tertiary/aromatic N) is 1. The number of halogens is 4. The van der Waals surface area contributed by atoms with E-state index in [1.54, 1.807) is 31.2 Å². The zero-order valence-electron chi connectivity index (χ0n) is 21.7. The summed E-state index contributed by atoms with van der Waals surface area (Å²) in [5, 5.41) is 13.5. The van der Waals surface area contributed by atoms with Gasteiger partial charge in [-0.2, -0.15) is 13.2 Å². The van der Waals surface area contributed by atoms with Gasteiger partial charge in [-0.15, -0.1) is 0 Å². The molecule has 1 heterocycles. The molecule has 0 bridgehead atoms. The van der Waals surface area contributed by atoms with Crippen molar-refractivity contribution >= 4 is 34.4 Å². The van der Waals surface area contributed by atoms with E-state index in [1.165, 1.54) is 24.3 Å². The van der Waals surface area contributed by atoms with Crippen LogP contribution in [0.4, 0.5) is 13.2 Å². The molecule has 2 N–H and O–H groups in total. The number of carbonyl (C=O) groups is 2. The molecule has 0 saturated heterocycles. The predicted molar refractivity (Wildman–Crippen MR) is 152 cm³/mol. The number of carboxylic acid groups (broad SMARTS) is 1. The molecule has 0 aliphatic rings. The molecule has 1 amide bonds. The third-order valence-electron chi connectivity index (χ3n) is 6.90. The lowest BCUT2D eigenvalue weighted by Gasteiger charge is -2.17. The molecule has 0 unspecified atom stereocenters. The van der Waals surface area contributed by atoms with Crippen LogP contribution in [0, 0.1) is 0 Å². The summed E-state index contributed by atoms with van der Waals surface area (Å²) in [5.41, 5.74) is 3.16. The Labute approximate surface area is 238 Å². The van der Waals surface area contributed by atoms with Gasteiger partial charge < -0.3 is 15.0 Å². The van der Waals surface area contributed by atoms with Crippen LogP contribution in [0.5, 0.6) is 0 Å². The first-order valence-electron chi connectivity index (χ1n) is 12.7. The van der Waals surface area contributed by atoms with Gasteiger partial charge in [-0.1, -0.05) is 48.0 Å². The Bertz CT molecular complexity index is 1740. The minimum Gasteiger partial charge on any atom is -0.478 e. The second-order valence-electron chi connectivity index (χ2n) is 9.73. The summed E-state index contributed by atoms with van der Waals surface area (Å²) in [6.07, 6.45) is -2.60. The monoisotopic (exact) mass is 576 g/mol. The molecule has 41 heavy (non-hydrogen) atoms. The molecule has 4 aromatic carbocycles. The predicted octanol–water partition coefficient (Wildman–Crippen LogP) is 8.22. The van der Waals surface area contributed by atoms with Gasteiger partial charge in [0.05, 0.1) is 28.2 Å². The standard InChI is InChI=1S/C32H24ClF3N2O3/c1-19(21-5-7-23(8-6-21)31(40)41)37-30(39)28-17-25(22-9-11-26(12-10-22)32(34,35)36)16-24-13-14-38(29(24)28)18-20-3-2-4-27(33)15-20/h2-17,19H,18H2,1H3,(H,37,39)(H,40,41)/t19-/m0/s1. The normalized spacial score (nSPS) is 12.3. The lowest BCUT2D eigenvalue weighted by molar-refractivity contribution is -0.137. The fourth-order valence-corrected chi connectivity index (χ4v) is 4.99. The molecule has 1 aromatic heterocycles. The Morgan fingerprint density at radius 1 is 0.927 bits per heavy atom. The Hall–Kier alpha value is -4.56. The van der Waals surface area contributed by atoms with Gasteiger partial charge >= 0.3 is 12.1 Å². The third-order valence-corrected chi connectivity index (χ3v) is 7.13. The largest absolute Gasteiger partial charge is 0.478 e. The van der Waals surface area contributed by atoms with Crippen LogP contribution >= 0.6 is 11.6 Å². The van der Waals surface area contributed by atoms with Crippen molar-refractivity contribution in [3.05, 3.63) is 130 Å². The molecular weight excluding hydrogens is 553 g/mol. The minimum atomic E-state index is -4.45. The average Bonchev–Trinajstić information content (AvgIpc) is 3.34. The Kier molecular flexibility index (Phi) is 7.60. The number of carboxylic acids is 1. The van der Waals surface area contributed by atoms with Crippen molar-refractivity contribution < 1.29 is 27.9 Å². The lowest BCUT2D eigenvalue weighted by atomic mass is 9.98. The van der Waals surface area contributed by atoms with Crippen molar-refractivity contribution in [1.82, 2.24) is 9.88 Å². The fourth-order valence-electron chi connectivity index (χ4n) is 4.78. The van der Waals surface area contributed by atoms with E-state index in [1.807, 2.05) is 41.1 Å². The van der Waals surface area contributed by atoms with E-state index in [0.29, 0.717) is 39.3 Å². The van der Waals surface area contributed by atoms with E-state index >= 15 is 0 Å². The van der Waals surface area contributed by atoms with Gasteiger partial charge in [-0.3, -0.25) is 4.79 Å². The van der Waals surface area contributed by atoms with Gasteiger partial charge in [0, 0.05) is 23.2 Å². The van der Waals surface area contributed by atoms with Gasteiger partial charge in [0.15, 0.2) is 0 Å². The zero-order valence-corrected chi connectivity index (χ0v) is 22.5. The van der Waals surface area contributed by atoms with Crippen molar-refractivity contribution in [3.8, 4) is 11.1 Å². The van der Waals surface area contributed by atoms with Crippen LogP contribution in [0.1, 0.15) is 50.4 Å². The molecule has 1 atom stereocenters. The number of benzene rings is 4. The van der Waals surface area contributed by atoms with E-state index in [0.717, 1.165) is 23.1 Å². The number of hydrogen-bond donors (Lipinski definition) is 2. The van der Waals surface area contributed by atoms with Gasteiger partial charge in [0.2, 0.25) is 0 Å². The molecule has 0 aliphatic heterocycles.